The van der Waals surface area contributed by atoms with E-state index in [-0.39, 0.29) is 0 Å². The fourth-order valence-electron chi connectivity index (χ4n) is 1.35. The molecule has 0 aliphatic rings. The number of ketones is 1. The van der Waals surface area contributed by atoms with Crippen molar-refractivity contribution in [3.05, 3.63) is 0 Å². The molecule has 0 aliphatic carbocycles. The van der Waals surface area contributed by atoms with E-state index in [0.717, 1.165) is 12.8 Å². The summed E-state index contributed by atoms with van der Waals surface area (Å²) >= 11 is 0. The van der Waals surface area contributed by atoms with Gasteiger partial charge in [0, 0.05) is 6.42 Å². The maximum Gasteiger partial charge on any atom is 0.129 e. The lowest BCUT2D eigenvalue weighted by Crippen LogP contribution is -2.17. The third kappa shape index (κ3) is 8.28. The average Bonchev–Trinajstić information content (AvgIpc) is 1.97. The molecule has 0 radical (unpaired) electrons. The highest BCUT2D eigenvalue weighted by molar-refractivity contribution is 5.75. The van der Waals surface area contributed by atoms with Gasteiger partial charge in [0.25, 0.3) is 0 Å². The summed E-state index contributed by atoms with van der Waals surface area (Å²) in [6, 6.07) is 0. The third-order valence-corrected chi connectivity index (χ3v) is 2.71. The fraction of sp³-hybridized carbons (Fsp3) is 0.923. The quantitative estimate of drug-likeness (QED) is 0.647. The zero-order valence-electron chi connectivity index (χ0n) is 10.7. The number of hydrogen-bond donors (Lipinski definition) is 0. The van der Waals surface area contributed by atoms with Crippen LogP contribution in [0.5, 0.6) is 0 Å². The first-order valence-electron chi connectivity index (χ1n) is 5.62. The summed E-state index contributed by atoms with van der Waals surface area (Å²) in [5.41, 5.74) is 0.729. The second kappa shape index (κ2) is 4.95. The standard InChI is InChI=1S/C13H26O/c1-11(14)7-8-13(5,6)10-9-12(2,3)4/h7-10H2,1-6H3. The molecular weight excluding hydrogens is 172 g/mol. The molecule has 0 aromatic heterocycles. The minimum atomic E-state index is 0.314. The van der Waals surface area contributed by atoms with Crippen LogP contribution in [0.25, 0.3) is 0 Å². The van der Waals surface area contributed by atoms with E-state index in [1.165, 1.54) is 12.8 Å². The SMILES string of the molecule is CC(=O)CCC(C)(C)CCC(C)(C)C. The molecule has 0 N–H and O–H groups in total. The molecule has 0 aromatic rings. The fourth-order valence-corrected chi connectivity index (χ4v) is 1.35. The van der Waals surface area contributed by atoms with Gasteiger partial charge in [-0.3, -0.25) is 0 Å². The summed E-state index contributed by atoms with van der Waals surface area (Å²) in [5, 5.41) is 0. The second-order valence-electron chi connectivity index (χ2n) is 6.43. The van der Waals surface area contributed by atoms with E-state index in [9.17, 15) is 4.79 Å². The minimum absolute atomic E-state index is 0.314. The van der Waals surface area contributed by atoms with Gasteiger partial charge in [-0.05, 0) is 37.0 Å². The highest BCUT2D eigenvalue weighted by atomic mass is 16.1. The van der Waals surface area contributed by atoms with Crippen molar-refractivity contribution in [2.45, 2.75) is 67.2 Å². The van der Waals surface area contributed by atoms with Crippen LogP contribution in [0.1, 0.15) is 67.2 Å². The average molecular weight is 198 g/mol. The van der Waals surface area contributed by atoms with Crippen molar-refractivity contribution in [1.82, 2.24) is 0 Å². The molecule has 0 saturated carbocycles. The Balaban J connectivity index is 3.89. The topological polar surface area (TPSA) is 17.1 Å². The van der Waals surface area contributed by atoms with Crippen LogP contribution in [-0.4, -0.2) is 5.78 Å². The first kappa shape index (κ1) is 13.7. The number of carbonyl (C=O) groups is 1. The molecule has 0 amide bonds. The summed E-state index contributed by atoms with van der Waals surface area (Å²) in [6.45, 7) is 13.0. The lowest BCUT2D eigenvalue weighted by Gasteiger charge is -2.28. The molecule has 0 saturated heterocycles. The smallest absolute Gasteiger partial charge is 0.129 e. The molecule has 0 heterocycles. The predicted molar refractivity (Wildman–Crippen MR) is 62.4 cm³/mol. The maximum atomic E-state index is 10.9. The normalized spacial score (nSPS) is 13.0. The van der Waals surface area contributed by atoms with Crippen molar-refractivity contribution in [3.8, 4) is 0 Å². The van der Waals surface area contributed by atoms with Gasteiger partial charge >= 0.3 is 0 Å². The zero-order valence-corrected chi connectivity index (χ0v) is 10.7. The Morgan fingerprint density at radius 3 is 1.79 bits per heavy atom. The van der Waals surface area contributed by atoms with Crippen molar-refractivity contribution < 1.29 is 4.79 Å². The number of Topliss-reactive ketones (excluding diaryl/α,β-unsaturated/α-hetero) is 1. The van der Waals surface area contributed by atoms with Gasteiger partial charge in [0.2, 0.25) is 0 Å². The predicted octanol–water partition coefficient (Wildman–Crippen LogP) is 4.21. The van der Waals surface area contributed by atoms with Crippen LogP contribution in [0.4, 0.5) is 0 Å². The molecule has 0 aromatic carbocycles. The monoisotopic (exact) mass is 198 g/mol. The molecule has 1 heteroatoms. The van der Waals surface area contributed by atoms with E-state index in [1.54, 1.807) is 6.92 Å². The Morgan fingerprint density at radius 1 is 0.929 bits per heavy atom. The minimum Gasteiger partial charge on any atom is -0.300 e. The van der Waals surface area contributed by atoms with Crippen molar-refractivity contribution in [1.29, 1.82) is 0 Å². The van der Waals surface area contributed by atoms with Gasteiger partial charge in [0.1, 0.15) is 5.78 Å². The van der Waals surface area contributed by atoms with E-state index in [2.05, 4.69) is 34.6 Å². The second-order valence-corrected chi connectivity index (χ2v) is 6.43. The zero-order chi connectivity index (χ0) is 11.4. The number of hydrogen-bond acceptors (Lipinski definition) is 1. The molecule has 14 heavy (non-hydrogen) atoms. The van der Waals surface area contributed by atoms with Crippen LogP contribution < -0.4 is 0 Å². The van der Waals surface area contributed by atoms with Gasteiger partial charge in [0.05, 0.1) is 0 Å². The van der Waals surface area contributed by atoms with Gasteiger partial charge in [-0.15, -0.1) is 0 Å². The van der Waals surface area contributed by atoms with Gasteiger partial charge < -0.3 is 4.79 Å². The van der Waals surface area contributed by atoms with E-state index in [4.69, 9.17) is 0 Å². The Labute approximate surface area is 89.3 Å². The summed E-state index contributed by atoms with van der Waals surface area (Å²) in [6.07, 6.45) is 4.21. The Bertz CT molecular complexity index is 184. The van der Waals surface area contributed by atoms with E-state index < -0.39 is 0 Å². The first-order valence-corrected chi connectivity index (χ1v) is 5.62. The molecule has 0 fully saturated rings. The van der Waals surface area contributed by atoms with E-state index in [0.29, 0.717) is 16.6 Å². The number of rotatable bonds is 5. The van der Waals surface area contributed by atoms with Crippen molar-refractivity contribution in [2.75, 3.05) is 0 Å². The van der Waals surface area contributed by atoms with Crippen LogP contribution in [0.3, 0.4) is 0 Å². The van der Waals surface area contributed by atoms with Crippen LogP contribution >= 0.6 is 0 Å². The summed E-state index contributed by atoms with van der Waals surface area (Å²) < 4.78 is 0. The van der Waals surface area contributed by atoms with Gasteiger partial charge in [-0.2, -0.15) is 0 Å². The van der Waals surface area contributed by atoms with Gasteiger partial charge in [0.15, 0.2) is 0 Å². The molecular formula is C13H26O. The van der Waals surface area contributed by atoms with Gasteiger partial charge in [-0.25, -0.2) is 0 Å². The van der Waals surface area contributed by atoms with Crippen LogP contribution in [0.15, 0.2) is 0 Å². The molecule has 0 unspecified atom stereocenters. The summed E-state index contributed by atoms with van der Waals surface area (Å²) in [4.78, 5) is 10.9. The van der Waals surface area contributed by atoms with Crippen LogP contribution in [-0.2, 0) is 4.79 Å². The van der Waals surface area contributed by atoms with Crippen molar-refractivity contribution in [2.24, 2.45) is 10.8 Å². The third-order valence-electron chi connectivity index (χ3n) is 2.71. The molecule has 0 bridgehead atoms. The highest BCUT2D eigenvalue weighted by Crippen LogP contribution is 2.33. The number of carbonyl (C=O) groups excluding carboxylic acids is 1. The molecule has 0 aliphatic heterocycles. The summed E-state index contributed by atoms with van der Waals surface area (Å²) in [7, 11) is 0. The molecule has 84 valence electrons. The molecule has 0 atom stereocenters. The van der Waals surface area contributed by atoms with E-state index >= 15 is 0 Å². The maximum absolute atomic E-state index is 10.9. The molecule has 0 rings (SSSR count). The van der Waals surface area contributed by atoms with Crippen LogP contribution in [0.2, 0.25) is 0 Å². The Morgan fingerprint density at radius 2 is 1.43 bits per heavy atom. The largest absolute Gasteiger partial charge is 0.300 e. The molecule has 1 nitrogen and oxygen atoms in total. The lowest BCUT2D eigenvalue weighted by atomic mass is 9.77. The van der Waals surface area contributed by atoms with Gasteiger partial charge in [-0.1, -0.05) is 34.6 Å². The first-order chi connectivity index (χ1) is 6.12. The van der Waals surface area contributed by atoms with E-state index in [1.807, 2.05) is 0 Å². The highest BCUT2D eigenvalue weighted by Gasteiger charge is 2.21. The Hall–Kier alpha value is -0.330. The molecule has 0 spiro atoms. The van der Waals surface area contributed by atoms with Crippen molar-refractivity contribution >= 4 is 5.78 Å². The lowest BCUT2D eigenvalue weighted by molar-refractivity contribution is -0.117. The van der Waals surface area contributed by atoms with Crippen molar-refractivity contribution in [3.63, 3.8) is 0 Å². The summed E-state index contributed by atoms with van der Waals surface area (Å²) in [5.74, 6) is 0.314. The Kier molecular flexibility index (Phi) is 4.83. The van der Waals surface area contributed by atoms with Crippen LogP contribution in [0, 0.1) is 10.8 Å².